The summed E-state index contributed by atoms with van der Waals surface area (Å²) in [5.41, 5.74) is 0.519. The summed E-state index contributed by atoms with van der Waals surface area (Å²) in [6.07, 6.45) is 9.84. The third kappa shape index (κ3) is 5.03. The molecular weight excluding hydrogens is 469 g/mol. The molecule has 6 nitrogen and oxygen atoms in total. The number of aryl methyl sites for hydroxylation is 2. The molecule has 1 aromatic carbocycles. The van der Waals surface area contributed by atoms with Crippen molar-refractivity contribution in [3.63, 3.8) is 0 Å². The first-order chi connectivity index (χ1) is 17.6. The molecule has 0 spiro atoms. The molecule has 3 aliphatic rings. The van der Waals surface area contributed by atoms with E-state index in [2.05, 4.69) is 6.07 Å². The molecule has 0 amide bonds. The van der Waals surface area contributed by atoms with Gasteiger partial charge in [0.15, 0.2) is 0 Å². The number of carbonyl (C=O) groups is 1. The molecule has 1 aliphatic heterocycles. The number of aromatic nitrogens is 2. The van der Waals surface area contributed by atoms with E-state index in [-0.39, 0.29) is 24.5 Å². The first kappa shape index (κ1) is 25.5. The zero-order chi connectivity index (χ0) is 26.4. The Balaban J connectivity index is 1.36. The molecule has 37 heavy (non-hydrogen) atoms. The van der Waals surface area contributed by atoms with Crippen LogP contribution in [-0.2, 0) is 34.8 Å². The number of cyclic esters (lactones) is 1. The van der Waals surface area contributed by atoms with Gasteiger partial charge in [-0.25, -0.2) is 14.2 Å². The molecule has 0 saturated heterocycles. The molecule has 2 saturated carbocycles. The minimum absolute atomic E-state index is 0.0964. The first-order valence-corrected chi connectivity index (χ1v) is 13.5. The van der Waals surface area contributed by atoms with E-state index in [1.807, 2.05) is 23.9 Å². The normalized spacial score (nSPS) is 22.8. The largest absolute Gasteiger partial charge is 0.512 e. The first-order valence-electron chi connectivity index (χ1n) is 13.5. The minimum atomic E-state index is -0.910. The maximum absolute atomic E-state index is 14.9. The molecule has 1 N–H and O–H groups in total. The molecule has 7 heteroatoms. The lowest BCUT2D eigenvalue weighted by atomic mass is 9.76. The van der Waals surface area contributed by atoms with E-state index < -0.39 is 22.8 Å². The average Bonchev–Trinajstić information content (AvgIpc) is 3.39. The predicted molar refractivity (Wildman–Crippen MR) is 137 cm³/mol. The molecule has 2 aliphatic carbocycles. The maximum Gasteiger partial charge on any atom is 0.338 e. The van der Waals surface area contributed by atoms with Crippen molar-refractivity contribution in [3.8, 4) is 6.07 Å². The summed E-state index contributed by atoms with van der Waals surface area (Å²) in [6, 6.07) is 7.17. The van der Waals surface area contributed by atoms with E-state index in [1.54, 1.807) is 19.9 Å². The molecule has 5 rings (SSSR count). The Morgan fingerprint density at radius 3 is 2.62 bits per heavy atom. The topological polar surface area (TPSA) is 88.1 Å². The summed E-state index contributed by atoms with van der Waals surface area (Å²) in [7, 11) is 1.97. The number of hydrogen-bond donors (Lipinski definition) is 1. The van der Waals surface area contributed by atoms with Crippen molar-refractivity contribution in [1.29, 1.82) is 5.26 Å². The second-order valence-corrected chi connectivity index (χ2v) is 11.7. The van der Waals surface area contributed by atoms with Gasteiger partial charge in [-0.15, -0.1) is 0 Å². The van der Waals surface area contributed by atoms with E-state index in [9.17, 15) is 19.6 Å². The zero-order valence-corrected chi connectivity index (χ0v) is 22.0. The standard InChI is InChI=1S/C30H36FN3O3/c1-29(2,18-32)24-11-8-19(14-25(24)31)12-13-30(21-6-4-5-7-21)16-26(35)23(28(36)37-30)15-22-17-34(3)27(33-22)20-9-10-20/h8,11,14,17,20-21,35H,4-7,9-10,12-13,15-16H2,1-3H3. The van der Waals surface area contributed by atoms with E-state index in [1.165, 1.54) is 6.07 Å². The van der Waals surface area contributed by atoms with Gasteiger partial charge in [0.25, 0.3) is 0 Å². The van der Waals surface area contributed by atoms with Crippen LogP contribution in [0.25, 0.3) is 0 Å². The fourth-order valence-electron chi connectivity index (χ4n) is 6.16. The van der Waals surface area contributed by atoms with Gasteiger partial charge in [0.05, 0.1) is 22.8 Å². The predicted octanol–water partition coefficient (Wildman–Crippen LogP) is 6.10. The van der Waals surface area contributed by atoms with Crippen LogP contribution in [0.2, 0.25) is 0 Å². The highest BCUT2D eigenvalue weighted by atomic mass is 19.1. The number of imidazole rings is 1. The van der Waals surface area contributed by atoms with Gasteiger partial charge in [0.1, 0.15) is 23.0 Å². The molecule has 0 bridgehead atoms. The van der Waals surface area contributed by atoms with Crippen LogP contribution in [-0.4, -0.2) is 26.2 Å². The van der Waals surface area contributed by atoms with E-state index in [4.69, 9.17) is 9.72 Å². The summed E-state index contributed by atoms with van der Waals surface area (Å²) >= 11 is 0. The second kappa shape index (κ2) is 9.63. The lowest BCUT2D eigenvalue weighted by Crippen LogP contribution is -2.46. The second-order valence-electron chi connectivity index (χ2n) is 11.7. The van der Waals surface area contributed by atoms with Crippen LogP contribution in [0.4, 0.5) is 4.39 Å². The molecule has 2 aromatic rings. The van der Waals surface area contributed by atoms with Crippen LogP contribution < -0.4 is 0 Å². The van der Waals surface area contributed by atoms with Gasteiger partial charge >= 0.3 is 5.97 Å². The van der Waals surface area contributed by atoms with Crippen molar-refractivity contribution in [3.05, 3.63) is 64.2 Å². The third-order valence-corrected chi connectivity index (χ3v) is 8.54. The smallest absolute Gasteiger partial charge is 0.338 e. The lowest BCUT2D eigenvalue weighted by molar-refractivity contribution is -0.167. The Morgan fingerprint density at radius 2 is 2.00 bits per heavy atom. The van der Waals surface area contributed by atoms with Crippen LogP contribution in [0.5, 0.6) is 0 Å². The summed E-state index contributed by atoms with van der Waals surface area (Å²) in [5, 5.41) is 20.5. The van der Waals surface area contributed by atoms with Crippen molar-refractivity contribution < 1.29 is 19.0 Å². The van der Waals surface area contributed by atoms with E-state index in [0.717, 1.165) is 55.6 Å². The fraction of sp³-hybridized carbons (Fsp3) is 0.567. The van der Waals surface area contributed by atoms with Crippen molar-refractivity contribution in [2.75, 3.05) is 0 Å². The van der Waals surface area contributed by atoms with E-state index in [0.29, 0.717) is 29.9 Å². The van der Waals surface area contributed by atoms with Crippen molar-refractivity contribution in [2.45, 2.75) is 95.0 Å². The number of nitriles is 1. The highest BCUT2D eigenvalue weighted by molar-refractivity contribution is 5.90. The van der Waals surface area contributed by atoms with Crippen LogP contribution in [0.1, 0.15) is 93.8 Å². The Kier molecular flexibility index (Phi) is 6.64. The number of esters is 1. The maximum atomic E-state index is 14.9. The van der Waals surface area contributed by atoms with Gasteiger partial charge in [-0.05, 0) is 69.9 Å². The molecule has 1 unspecified atom stereocenters. The molecule has 0 radical (unpaired) electrons. The molecular formula is C30H36FN3O3. The molecule has 1 aromatic heterocycles. The molecule has 196 valence electrons. The summed E-state index contributed by atoms with van der Waals surface area (Å²) in [5.74, 6) is 0.935. The summed E-state index contributed by atoms with van der Waals surface area (Å²) in [4.78, 5) is 18.0. The Hall–Kier alpha value is -3.14. The summed E-state index contributed by atoms with van der Waals surface area (Å²) in [6.45, 7) is 3.40. The SMILES string of the molecule is Cn1cc(CC2=C(O)CC(CCc3ccc(C(C)(C)C#N)c(F)c3)(C3CCCC3)OC2=O)nc1C1CC1. The number of hydrogen-bond acceptors (Lipinski definition) is 5. The molecule has 1 atom stereocenters. The van der Waals surface area contributed by atoms with Gasteiger partial charge in [0.2, 0.25) is 0 Å². The van der Waals surface area contributed by atoms with Crippen molar-refractivity contribution in [2.24, 2.45) is 13.0 Å². The number of aliphatic hydroxyl groups excluding tert-OH is 1. The van der Waals surface area contributed by atoms with Gasteiger partial charge in [0, 0.05) is 37.6 Å². The van der Waals surface area contributed by atoms with E-state index >= 15 is 0 Å². The minimum Gasteiger partial charge on any atom is -0.512 e. The number of ether oxygens (including phenoxy) is 1. The van der Waals surface area contributed by atoms with Gasteiger partial charge in [-0.2, -0.15) is 5.26 Å². The highest BCUT2D eigenvalue weighted by Gasteiger charge is 2.48. The molecule has 2 fully saturated rings. The fourth-order valence-corrected chi connectivity index (χ4v) is 6.16. The quantitative estimate of drug-likeness (QED) is 0.438. The number of aliphatic hydroxyl groups is 1. The zero-order valence-electron chi connectivity index (χ0n) is 22.0. The van der Waals surface area contributed by atoms with Crippen LogP contribution in [0, 0.1) is 23.1 Å². The number of benzene rings is 1. The van der Waals surface area contributed by atoms with Gasteiger partial charge < -0.3 is 14.4 Å². The van der Waals surface area contributed by atoms with Gasteiger partial charge in [-0.3, -0.25) is 0 Å². The van der Waals surface area contributed by atoms with Crippen LogP contribution in [0.15, 0.2) is 35.7 Å². The Labute approximate surface area is 218 Å². The number of nitrogens with zero attached hydrogens (tertiary/aromatic N) is 3. The average molecular weight is 506 g/mol. The third-order valence-electron chi connectivity index (χ3n) is 8.54. The number of carbonyl (C=O) groups excluding carboxylic acids is 1. The number of rotatable bonds is 8. The Morgan fingerprint density at radius 1 is 1.27 bits per heavy atom. The van der Waals surface area contributed by atoms with Gasteiger partial charge in [-0.1, -0.05) is 25.0 Å². The lowest BCUT2D eigenvalue weighted by Gasteiger charge is -2.42. The summed E-state index contributed by atoms with van der Waals surface area (Å²) < 4.78 is 23.1. The Bertz CT molecular complexity index is 1280. The molecule has 2 heterocycles. The number of halogens is 1. The van der Waals surface area contributed by atoms with Crippen LogP contribution >= 0.6 is 0 Å². The van der Waals surface area contributed by atoms with Crippen molar-refractivity contribution >= 4 is 5.97 Å². The van der Waals surface area contributed by atoms with Crippen LogP contribution in [0.3, 0.4) is 0 Å². The van der Waals surface area contributed by atoms with Crippen molar-refractivity contribution in [1.82, 2.24) is 9.55 Å². The highest BCUT2D eigenvalue weighted by Crippen LogP contribution is 2.46. The monoisotopic (exact) mass is 505 g/mol.